The molecule has 2 rings (SSSR count). The molecule has 3 N–H and O–H groups in total. The summed E-state index contributed by atoms with van der Waals surface area (Å²) in [5, 5.41) is 2.77. The number of carbonyl (C=O) groups is 1. The molecule has 1 aromatic rings. The van der Waals surface area contributed by atoms with E-state index >= 15 is 0 Å². The molecule has 1 aromatic heterocycles. The summed E-state index contributed by atoms with van der Waals surface area (Å²) in [5.41, 5.74) is 6.38. The molecule has 0 saturated heterocycles. The molecule has 17 heavy (non-hydrogen) atoms. The Balaban J connectivity index is 0.00000128. The maximum absolute atomic E-state index is 11.6. The van der Waals surface area contributed by atoms with Gasteiger partial charge < -0.3 is 15.5 Å². The molecule has 0 radical (unpaired) electrons. The zero-order chi connectivity index (χ0) is 10.9. The van der Waals surface area contributed by atoms with Gasteiger partial charge in [-0.05, 0) is 26.2 Å². The first-order valence-corrected chi connectivity index (χ1v) is 5.08. The van der Waals surface area contributed by atoms with Crippen LogP contribution in [0.15, 0.2) is 10.8 Å². The number of rotatable bonds is 3. The number of halogens is 2. The number of oxazole rings is 1. The zero-order valence-corrected chi connectivity index (χ0v) is 11.2. The lowest BCUT2D eigenvalue weighted by atomic mass is 9.78. The van der Waals surface area contributed by atoms with E-state index in [-0.39, 0.29) is 42.0 Å². The molecule has 0 aliphatic heterocycles. The molecule has 0 bridgehead atoms. The fourth-order valence-corrected chi connectivity index (χ4v) is 1.66. The molecule has 7 heteroatoms. The van der Waals surface area contributed by atoms with Crippen LogP contribution in [-0.2, 0) is 0 Å². The smallest absolute Gasteiger partial charge is 0.289 e. The van der Waals surface area contributed by atoms with Gasteiger partial charge >= 0.3 is 0 Å². The molecule has 0 spiro atoms. The van der Waals surface area contributed by atoms with Gasteiger partial charge in [-0.15, -0.1) is 24.8 Å². The monoisotopic (exact) mass is 281 g/mol. The van der Waals surface area contributed by atoms with Crippen LogP contribution in [0.1, 0.15) is 35.5 Å². The average Bonchev–Trinajstić information content (AvgIpc) is 2.58. The number of aryl methyl sites for hydroxylation is 1. The van der Waals surface area contributed by atoms with Crippen LogP contribution < -0.4 is 11.1 Å². The van der Waals surface area contributed by atoms with Crippen LogP contribution in [0, 0.1) is 6.92 Å². The van der Waals surface area contributed by atoms with Gasteiger partial charge in [-0.3, -0.25) is 4.79 Å². The molecule has 0 atom stereocenters. The third-order valence-electron chi connectivity index (χ3n) is 2.90. The molecule has 1 aliphatic rings. The highest BCUT2D eigenvalue weighted by Crippen LogP contribution is 2.28. The van der Waals surface area contributed by atoms with E-state index in [1.807, 2.05) is 0 Å². The summed E-state index contributed by atoms with van der Waals surface area (Å²) in [6.45, 7) is 2.24. The van der Waals surface area contributed by atoms with Gasteiger partial charge in [-0.1, -0.05) is 0 Å². The largest absolute Gasteiger partial charge is 0.438 e. The van der Waals surface area contributed by atoms with Gasteiger partial charge in [0.25, 0.3) is 5.91 Å². The number of nitrogens with two attached hydrogens (primary N) is 1. The van der Waals surface area contributed by atoms with Gasteiger partial charge in [-0.25, -0.2) is 4.98 Å². The van der Waals surface area contributed by atoms with Gasteiger partial charge in [0, 0.05) is 12.1 Å². The first kappa shape index (κ1) is 16.2. The molecule has 1 heterocycles. The van der Waals surface area contributed by atoms with E-state index in [9.17, 15) is 4.79 Å². The number of aromatic nitrogens is 1. The van der Waals surface area contributed by atoms with E-state index in [0.717, 1.165) is 19.3 Å². The maximum atomic E-state index is 11.6. The van der Waals surface area contributed by atoms with Crippen LogP contribution in [-0.4, -0.2) is 23.0 Å². The maximum Gasteiger partial charge on any atom is 0.289 e. The summed E-state index contributed by atoms with van der Waals surface area (Å²) in [7, 11) is 0. The summed E-state index contributed by atoms with van der Waals surface area (Å²) in [6, 6.07) is 0. The Morgan fingerprint density at radius 3 is 2.65 bits per heavy atom. The fourth-order valence-electron chi connectivity index (χ4n) is 1.66. The second-order valence-corrected chi connectivity index (χ2v) is 4.17. The summed E-state index contributed by atoms with van der Waals surface area (Å²) in [5.74, 6) is 0.0413. The molecule has 98 valence electrons. The fraction of sp³-hybridized carbons (Fsp3) is 0.600. The predicted molar refractivity (Wildman–Crippen MR) is 68.8 cm³/mol. The van der Waals surface area contributed by atoms with Crippen molar-refractivity contribution in [3.8, 4) is 0 Å². The van der Waals surface area contributed by atoms with Crippen LogP contribution in [0.5, 0.6) is 0 Å². The van der Waals surface area contributed by atoms with Crippen molar-refractivity contribution in [3.05, 3.63) is 17.8 Å². The van der Waals surface area contributed by atoms with Gasteiger partial charge in [0.2, 0.25) is 5.76 Å². The summed E-state index contributed by atoms with van der Waals surface area (Å²) >= 11 is 0. The van der Waals surface area contributed by atoms with Crippen LogP contribution in [0.3, 0.4) is 0 Å². The minimum atomic E-state index is -0.235. The molecular formula is C10H17Cl2N3O2. The van der Waals surface area contributed by atoms with Crippen LogP contribution in [0.2, 0.25) is 0 Å². The molecular weight excluding hydrogens is 265 g/mol. The topological polar surface area (TPSA) is 81.2 Å². The minimum Gasteiger partial charge on any atom is -0.438 e. The highest BCUT2D eigenvalue weighted by Gasteiger charge is 2.33. The Morgan fingerprint density at radius 2 is 2.24 bits per heavy atom. The second kappa shape index (κ2) is 6.23. The standard InChI is InChI=1S/C10H15N3O2.2ClH/c1-7-8(15-6-13-7)9(14)12-5-10(11)3-2-4-10;;/h6H,2-5,11H2,1H3,(H,12,14);2*1H. The van der Waals surface area contributed by atoms with Crippen molar-refractivity contribution in [3.63, 3.8) is 0 Å². The van der Waals surface area contributed by atoms with Crippen molar-refractivity contribution in [1.29, 1.82) is 0 Å². The Morgan fingerprint density at radius 1 is 1.59 bits per heavy atom. The molecule has 1 aliphatic carbocycles. The van der Waals surface area contributed by atoms with Crippen molar-refractivity contribution in [2.45, 2.75) is 31.7 Å². The lowest BCUT2D eigenvalue weighted by Gasteiger charge is -2.37. The number of nitrogens with one attached hydrogen (secondary N) is 1. The highest BCUT2D eigenvalue weighted by molar-refractivity contribution is 5.92. The number of carbonyl (C=O) groups excluding carboxylic acids is 1. The Hall–Kier alpha value is -0.780. The van der Waals surface area contributed by atoms with Crippen molar-refractivity contribution < 1.29 is 9.21 Å². The normalized spacial score (nSPS) is 16.1. The third kappa shape index (κ3) is 3.59. The number of hydrogen-bond acceptors (Lipinski definition) is 4. The van der Waals surface area contributed by atoms with Gasteiger partial charge in [-0.2, -0.15) is 0 Å². The third-order valence-corrected chi connectivity index (χ3v) is 2.90. The van der Waals surface area contributed by atoms with Crippen molar-refractivity contribution in [2.75, 3.05) is 6.54 Å². The van der Waals surface area contributed by atoms with Crippen molar-refractivity contribution in [2.24, 2.45) is 5.73 Å². The minimum absolute atomic E-state index is 0. The van der Waals surface area contributed by atoms with Gasteiger partial charge in [0.05, 0.1) is 5.69 Å². The summed E-state index contributed by atoms with van der Waals surface area (Å²) in [6.07, 6.45) is 4.37. The molecule has 0 aromatic carbocycles. The Labute approximate surface area is 112 Å². The summed E-state index contributed by atoms with van der Waals surface area (Å²) in [4.78, 5) is 15.5. The Bertz CT molecular complexity index is 377. The molecule has 0 unspecified atom stereocenters. The van der Waals surface area contributed by atoms with Gasteiger partial charge in [0.15, 0.2) is 6.39 Å². The lowest BCUT2D eigenvalue weighted by Crippen LogP contribution is -2.54. The molecule has 5 nitrogen and oxygen atoms in total. The van der Waals surface area contributed by atoms with Crippen LogP contribution >= 0.6 is 24.8 Å². The zero-order valence-electron chi connectivity index (χ0n) is 9.56. The molecule has 1 saturated carbocycles. The number of hydrogen-bond donors (Lipinski definition) is 2. The second-order valence-electron chi connectivity index (χ2n) is 4.17. The van der Waals surface area contributed by atoms with Gasteiger partial charge in [0.1, 0.15) is 0 Å². The first-order valence-electron chi connectivity index (χ1n) is 5.08. The lowest BCUT2D eigenvalue weighted by molar-refractivity contribution is 0.0901. The van der Waals surface area contributed by atoms with Crippen LogP contribution in [0.25, 0.3) is 0 Å². The average molecular weight is 282 g/mol. The van der Waals surface area contributed by atoms with Crippen LogP contribution in [0.4, 0.5) is 0 Å². The first-order chi connectivity index (χ1) is 7.11. The SMILES string of the molecule is Cc1ncoc1C(=O)NCC1(N)CCC1.Cl.Cl. The van der Waals surface area contributed by atoms with E-state index in [0.29, 0.717) is 12.2 Å². The van der Waals surface area contributed by atoms with E-state index in [2.05, 4.69) is 10.3 Å². The van der Waals surface area contributed by atoms with E-state index in [4.69, 9.17) is 10.2 Å². The van der Waals surface area contributed by atoms with E-state index < -0.39 is 0 Å². The quantitative estimate of drug-likeness (QED) is 0.879. The predicted octanol–water partition coefficient (Wildman–Crippen LogP) is 1.44. The molecule has 1 fully saturated rings. The highest BCUT2D eigenvalue weighted by atomic mass is 35.5. The van der Waals surface area contributed by atoms with Crippen molar-refractivity contribution >= 4 is 30.7 Å². The van der Waals surface area contributed by atoms with E-state index in [1.54, 1.807) is 6.92 Å². The molecule has 1 amide bonds. The summed E-state index contributed by atoms with van der Waals surface area (Å²) < 4.78 is 4.98. The number of nitrogens with zero attached hydrogens (tertiary/aromatic N) is 1. The van der Waals surface area contributed by atoms with E-state index in [1.165, 1.54) is 6.39 Å². The van der Waals surface area contributed by atoms with Crippen molar-refractivity contribution in [1.82, 2.24) is 10.3 Å². The Kier molecular flexibility index (Phi) is 5.95. The number of amides is 1.